The van der Waals surface area contributed by atoms with E-state index in [1.165, 1.54) is 0 Å². The van der Waals surface area contributed by atoms with Gasteiger partial charge < -0.3 is 15.7 Å². The molecule has 0 aromatic rings. The second-order valence-electron chi connectivity index (χ2n) is 4.48. The molecule has 1 fully saturated rings. The number of carboxylic acids is 1. The van der Waals surface area contributed by atoms with Crippen LogP contribution in [-0.2, 0) is 9.59 Å². The Hall–Kier alpha value is -1.10. The van der Waals surface area contributed by atoms with Crippen LogP contribution in [0, 0.1) is 5.92 Å². The fourth-order valence-electron chi connectivity index (χ4n) is 1.98. The van der Waals surface area contributed by atoms with Crippen molar-refractivity contribution in [1.29, 1.82) is 0 Å². The Kier molecular flexibility index (Phi) is 4.73. The maximum Gasteiger partial charge on any atom is 0.303 e. The molecule has 16 heavy (non-hydrogen) atoms. The Morgan fingerprint density at radius 3 is 2.75 bits per heavy atom. The Bertz CT molecular complexity index is 268. The highest BCUT2D eigenvalue weighted by molar-refractivity contribution is 5.80. The molecular formula is C11H20N2O3. The van der Waals surface area contributed by atoms with Crippen molar-refractivity contribution >= 4 is 11.9 Å². The van der Waals surface area contributed by atoms with E-state index < -0.39 is 5.97 Å². The van der Waals surface area contributed by atoms with Crippen LogP contribution in [0.2, 0.25) is 0 Å². The Morgan fingerprint density at radius 1 is 1.56 bits per heavy atom. The summed E-state index contributed by atoms with van der Waals surface area (Å²) in [6.07, 6.45) is 1.44. The van der Waals surface area contributed by atoms with Crippen molar-refractivity contribution in [3.8, 4) is 0 Å². The molecular weight excluding hydrogens is 208 g/mol. The van der Waals surface area contributed by atoms with E-state index in [-0.39, 0.29) is 30.3 Å². The van der Waals surface area contributed by atoms with Gasteiger partial charge in [-0.2, -0.15) is 0 Å². The maximum absolute atomic E-state index is 11.8. The third-order valence-corrected chi connectivity index (χ3v) is 3.04. The van der Waals surface area contributed by atoms with Gasteiger partial charge in [-0.05, 0) is 33.2 Å². The first-order valence-corrected chi connectivity index (χ1v) is 5.76. The second-order valence-corrected chi connectivity index (χ2v) is 4.48. The van der Waals surface area contributed by atoms with Gasteiger partial charge in [0.25, 0.3) is 0 Å². The smallest absolute Gasteiger partial charge is 0.303 e. The molecule has 0 bridgehead atoms. The Labute approximate surface area is 95.6 Å². The number of amides is 1. The summed E-state index contributed by atoms with van der Waals surface area (Å²) in [5.74, 6) is -0.764. The van der Waals surface area contributed by atoms with Crippen molar-refractivity contribution in [1.82, 2.24) is 10.6 Å². The minimum Gasteiger partial charge on any atom is -0.481 e. The van der Waals surface area contributed by atoms with Crippen LogP contribution in [0.4, 0.5) is 0 Å². The van der Waals surface area contributed by atoms with Crippen LogP contribution < -0.4 is 10.6 Å². The second kappa shape index (κ2) is 5.84. The number of aliphatic carboxylic acids is 1. The van der Waals surface area contributed by atoms with Gasteiger partial charge in [0.1, 0.15) is 0 Å². The zero-order valence-corrected chi connectivity index (χ0v) is 9.82. The first-order chi connectivity index (χ1) is 7.50. The van der Waals surface area contributed by atoms with Gasteiger partial charge in [-0.3, -0.25) is 9.59 Å². The minimum absolute atomic E-state index is 0.0206. The highest BCUT2D eigenvalue weighted by Gasteiger charge is 2.29. The van der Waals surface area contributed by atoms with Crippen LogP contribution in [0.5, 0.6) is 0 Å². The molecule has 5 nitrogen and oxygen atoms in total. The van der Waals surface area contributed by atoms with Crippen LogP contribution in [0.15, 0.2) is 0 Å². The van der Waals surface area contributed by atoms with Crippen molar-refractivity contribution in [3.05, 3.63) is 0 Å². The molecule has 5 heteroatoms. The molecule has 0 saturated carbocycles. The quantitative estimate of drug-likeness (QED) is 0.634. The van der Waals surface area contributed by atoms with E-state index in [0.717, 1.165) is 13.0 Å². The maximum atomic E-state index is 11.8. The number of carboxylic acid groups (broad SMARTS) is 1. The van der Waals surface area contributed by atoms with Gasteiger partial charge in [0, 0.05) is 18.5 Å². The molecule has 3 N–H and O–H groups in total. The Balaban J connectivity index is 2.30. The Morgan fingerprint density at radius 2 is 2.25 bits per heavy atom. The van der Waals surface area contributed by atoms with Gasteiger partial charge in [-0.25, -0.2) is 0 Å². The number of nitrogens with one attached hydrogen (secondary N) is 2. The van der Waals surface area contributed by atoms with Gasteiger partial charge in [0.15, 0.2) is 0 Å². The average Bonchev–Trinajstić information content (AvgIpc) is 2.61. The lowest BCUT2D eigenvalue weighted by Gasteiger charge is -2.18. The number of carbonyl (C=O) groups is 2. The predicted octanol–water partition coefficient (Wildman–Crippen LogP) is 0.354. The number of rotatable bonds is 5. The third-order valence-electron chi connectivity index (χ3n) is 3.04. The van der Waals surface area contributed by atoms with Gasteiger partial charge >= 0.3 is 5.97 Å². The first kappa shape index (κ1) is 13.0. The molecule has 1 aliphatic heterocycles. The van der Waals surface area contributed by atoms with E-state index in [4.69, 9.17) is 5.11 Å². The van der Waals surface area contributed by atoms with E-state index in [2.05, 4.69) is 10.6 Å². The standard InChI is InChI=1S/C11H20N2O3/c1-7(3-4-10(14)15)13-11(16)9-5-6-12-8(9)2/h7-9,12H,3-6H2,1-2H3,(H,13,16)(H,14,15). The molecule has 1 saturated heterocycles. The summed E-state index contributed by atoms with van der Waals surface area (Å²) in [6, 6.07) is 0.142. The zero-order valence-electron chi connectivity index (χ0n) is 9.82. The van der Waals surface area contributed by atoms with Crippen LogP contribution in [-0.4, -0.2) is 35.6 Å². The summed E-state index contributed by atoms with van der Waals surface area (Å²) in [4.78, 5) is 22.2. The largest absolute Gasteiger partial charge is 0.481 e. The van der Waals surface area contributed by atoms with Gasteiger partial charge in [0.05, 0.1) is 5.92 Å². The molecule has 3 unspecified atom stereocenters. The van der Waals surface area contributed by atoms with Gasteiger partial charge in [-0.15, -0.1) is 0 Å². The van der Waals surface area contributed by atoms with E-state index in [1.807, 2.05) is 13.8 Å². The van der Waals surface area contributed by atoms with Crippen molar-refractivity contribution in [2.45, 2.75) is 45.2 Å². The summed E-state index contributed by atoms with van der Waals surface area (Å²) in [7, 11) is 0. The molecule has 0 aromatic heterocycles. The summed E-state index contributed by atoms with van der Waals surface area (Å²) in [6.45, 7) is 4.72. The van der Waals surface area contributed by atoms with E-state index in [1.54, 1.807) is 0 Å². The van der Waals surface area contributed by atoms with E-state index in [0.29, 0.717) is 6.42 Å². The first-order valence-electron chi connectivity index (χ1n) is 5.76. The molecule has 1 aliphatic rings. The summed E-state index contributed by atoms with van der Waals surface area (Å²) in [5.41, 5.74) is 0. The molecule has 0 aliphatic carbocycles. The molecule has 92 valence electrons. The highest BCUT2D eigenvalue weighted by atomic mass is 16.4. The summed E-state index contributed by atoms with van der Waals surface area (Å²) >= 11 is 0. The van der Waals surface area contributed by atoms with Crippen LogP contribution in [0.1, 0.15) is 33.1 Å². The van der Waals surface area contributed by atoms with Gasteiger partial charge in [0.2, 0.25) is 5.91 Å². The fourth-order valence-corrected chi connectivity index (χ4v) is 1.98. The molecule has 0 spiro atoms. The lowest BCUT2D eigenvalue weighted by Crippen LogP contribution is -2.41. The van der Waals surface area contributed by atoms with Gasteiger partial charge in [-0.1, -0.05) is 0 Å². The molecule has 1 rings (SSSR count). The molecule has 3 atom stereocenters. The SMILES string of the molecule is CC(CCC(=O)O)NC(=O)C1CCNC1C. The summed E-state index contributed by atoms with van der Waals surface area (Å²) in [5, 5.41) is 14.6. The lowest BCUT2D eigenvalue weighted by molar-refractivity contribution is -0.137. The third kappa shape index (κ3) is 3.81. The van der Waals surface area contributed by atoms with Crippen molar-refractivity contribution in [2.24, 2.45) is 5.92 Å². The normalized spacial score (nSPS) is 26.4. The van der Waals surface area contributed by atoms with E-state index >= 15 is 0 Å². The minimum atomic E-state index is -0.822. The molecule has 0 radical (unpaired) electrons. The van der Waals surface area contributed by atoms with Crippen molar-refractivity contribution in [3.63, 3.8) is 0 Å². The molecule has 1 heterocycles. The fraction of sp³-hybridized carbons (Fsp3) is 0.818. The number of hydrogen-bond donors (Lipinski definition) is 3. The topological polar surface area (TPSA) is 78.4 Å². The number of carbonyl (C=O) groups excluding carboxylic acids is 1. The van der Waals surface area contributed by atoms with E-state index in [9.17, 15) is 9.59 Å². The lowest BCUT2D eigenvalue weighted by atomic mass is 10.0. The molecule has 0 aromatic carbocycles. The number of hydrogen-bond acceptors (Lipinski definition) is 3. The van der Waals surface area contributed by atoms with Crippen LogP contribution in [0.25, 0.3) is 0 Å². The molecule has 1 amide bonds. The van der Waals surface area contributed by atoms with Crippen LogP contribution >= 0.6 is 0 Å². The summed E-state index contributed by atoms with van der Waals surface area (Å²) < 4.78 is 0. The van der Waals surface area contributed by atoms with Crippen molar-refractivity contribution in [2.75, 3.05) is 6.54 Å². The average molecular weight is 228 g/mol. The monoisotopic (exact) mass is 228 g/mol. The van der Waals surface area contributed by atoms with Crippen molar-refractivity contribution < 1.29 is 14.7 Å². The van der Waals surface area contributed by atoms with Crippen LogP contribution in [0.3, 0.4) is 0 Å². The zero-order chi connectivity index (χ0) is 12.1. The highest BCUT2D eigenvalue weighted by Crippen LogP contribution is 2.15. The predicted molar refractivity (Wildman–Crippen MR) is 60.0 cm³/mol.